The Labute approximate surface area is 120 Å². The lowest BCUT2D eigenvalue weighted by atomic mass is 10.0. The molecule has 3 heteroatoms. The molecule has 0 spiro atoms. The third-order valence-electron chi connectivity index (χ3n) is 4.18. The normalized spacial score (nSPS) is 14.8. The van der Waals surface area contributed by atoms with Crippen molar-refractivity contribution < 1.29 is 4.52 Å². The highest BCUT2D eigenvalue weighted by molar-refractivity contribution is 5.32. The maximum absolute atomic E-state index is 5.58. The van der Waals surface area contributed by atoms with Crippen LogP contribution in [0.5, 0.6) is 0 Å². The van der Waals surface area contributed by atoms with Crippen molar-refractivity contribution in [1.82, 2.24) is 10.1 Å². The molecule has 2 heterocycles. The largest absolute Gasteiger partial charge is 0.361 e. The quantitative estimate of drug-likeness (QED) is 0.825. The van der Waals surface area contributed by atoms with Crippen molar-refractivity contribution >= 4 is 0 Å². The Kier molecular flexibility index (Phi) is 3.60. The summed E-state index contributed by atoms with van der Waals surface area (Å²) < 4.78 is 5.58. The van der Waals surface area contributed by atoms with Crippen LogP contribution in [0.1, 0.15) is 66.6 Å². The predicted octanol–water partition coefficient (Wildman–Crippen LogP) is 3.97. The van der Waals surface area contributed by atoms with Gasteiger partial charge in [0.1, 0.15) is 5.76 Å². The minimum Gasteiger partial charge on any atom is -0.361 e. The van der Waals surface area contributed by atoms with E-state index in [4.69, 9.17) is 9.51 Å². The van der Waals surface area contributed by atoms with Gasteiger partial charge in [0.2, 0.25) is 0 Å². The zero-order valence-corrected chi connectivity index (χ0v) is 12.6. The molecule has 0 unspecified atom stereocenters. The number of nitrogens with zero attached hydrogens (tertiary/aromatic N) is 2. The average molecular weight is 270 g/mol. The van der Waals surface area contributed by atoms with Gasteiger partial charge >= 0.3 is 0 Å². The molecule has 0 bridgehead atoms. The lowest BCUT2D eigenvalue weighted by molar-refractivity contribution is 0.378. The summed E-state index contributed by atoms with van der Waals surface area (Å²) in [6.45, 7) is 6.43. The Morgan fingerprint density at radius 1 is 1.20 bits per heavy atom. The van der Waals surface area contributed by atoms with Crippen molar-refractivity contribution in [2.24, 2.45) is 0 Å². The molecule has 0 amide bonds. The summed E-state index contributed by atoms with van der Waals surface area (Å²) in [4.78, 5) is 4.70. The van der Waals surface area contributed by atoms with Crippen LogP contribution in [-0.2, 0) is 19.3 Å². The molecule has 2 aromatic heterocycles. The van der Waals surface area contributed by atoms with Gasteiger partial charge < -0.3 is 4.52 Å². The fourth-order valence-electron chi connectivity index (χ4n) is 2.83. The fourth-order valence-corrected chi connectivity index (χ4v) is 2.83. The van der Waals surface area contributed by atoms with E-state index >= 15 is 0 Å². The van der Waals surface area contributed by atoms with E-state index in [1.807, 2.05) is 0 Å². The Bertz CT molecular complexity index is 611. The zero-order valence-electron chi connectivity index (χ0n) is 12.6. The molecule has 0 radical (unpaired) electrons. The average Bonchev–Trinajstić information content (AvgIpc) is 3.21. The van der Waals surface area contributed by atoms with Crippen LogP contribution in [0.4, 0.5) is 0 Å². The Morgan fingerprint density at radius 3 is 2.60 bits per heavy atom. The van der Waals surface area contributed by atoms with Crippen LogP contribution in [0.2, 0.25) is 0 Å². The van der Waals surface area contributed by atoms with Crippen molar-refractivity contribution in [3.8, 4) is 0 Å². The predicted molar refractivity (Wildman–Crippen MR) is 79.0 cm³/mol. The second kappa shape index (κ2) is 5.39. The number of rotatable bonds is 5. The SMILES string of the molecule is CCc1ccc(Cc2noc(C3CC3)c2CC)nc1C. The lowest BCUT2D eigenvalue weighted by Crippen LogP contribution is -2.00. The summed E-state index contributed by atoms with van der Waals surface area (Å²) in [5.41, 5.74) is 5.93. The van der Waals surface area contributed by atoms with E-state index in [-0.39, 0.29) is 0 Å². The van der Waals surface area contributed by atoms with E-state index in [2.05, 4.69) is 38.1 Å². The Hall–Kier alpha value is -1.64. The second-order valence-electron chi connectivity index (χ2n) is 5.68. The fraction of sp³-hybridized carbons (Fsp3) is 0.529. The maximum atomic E-state index is 5.58. The summed E-state index contributed by atoms with van der Waals surface area (Å²) >= 11 is 0. The zero-order chi connectivity index (χ0) is 14.1. The first-order chi connectivity index (χ1) is 9.72. The highest BCUT2D eigenvalue weighted by Crippen LogP contribution is 2.42. The lowest BCUT2D eigenvalue weighted by Gasteiger charge is -2.05. The highest BCUT2D eigenvalue weighted by Gasteiger charge is 2.31. The minimum atomic E-state index is 0.628. The summed E-state index contributed by atoms with van der Waals surface area (Å²) in [5.74, 6) is 1.76. The van der Waals surface area contributed by atoms with Gasteiger partial charge in [-0.1, -0.05) is 25.1 Å². The molecule has 106 valence electrons. The molecule has 1 aliphatic rings. The molecule has 3 rings (SSSR count). The van der Waals surface area contributed by atoms with Gasteiger partial charge in [0, 0.05) is 29.3 Å². The Morgan fingerprint density at radius 2 is 2.00 bits per heavy atom. The van der Waals surface area contributed by atoms with Crippen LogP contribution in [0.15, 0.2) is 16.7 Å². The summed E-state index contributed by atoms with van der Waals surface area (Å²) in [6, 6.07) is 4.31. The van der Waals surface area contributed by atoms with Gasteiger partial charge in [-0.2, -0.15) is 0 Å². The third-order valence-corrected chi connectivity index (χ3v) is 4.18. The van der Waals surface area contributed by atoms with E-state index < -0.39 is 0 Å². The van der Waals surface area contributed by atoms with Crippen molar-refractivity contribution in [3.05, 3.63) is 46.1 Å². The van der Waals surface area contributed by atoms with Gasteiger partial charge in [-0.3, -0.25) is 4.98 Å². The van der Waals surface area contributed by atoms with Crippen molar-refractivity contribution in [3.63, 3.8) is 0 Å². The molecule has 0 N–H and O–H groups in total. The van der Waals surface area contributed by atoms with Crippen molar-refractivity contribution in [2.75, 3.05) is 0 Å². The first-order valence-electron chi connectivity index (χ1n) is 7.65. The van der Waals surface area contributed by atoms with Crippen molar-refractivity contribution in [1.29, 1.82) is 0 Å². The molecular formula is C17H22N2O. The highest BCUT2D eigenvalue weighted by atomic mass is 16.5. The second-order valence-corrected chi connectivity index (χ2v) is 5.68. The number of hydrogen-bond donors (Lipinski definition) is 0. The van der Waals surface area contributed by atoms with Crippen LogP contribution in [0.3, 0.4) is 0 Å². The van der Waals surface area contributed by atoms with Crippen LogP contribution >= 0.6 is 0 Å². The topological polar surface area (TPSA) is 38.9 Å². The maximum Gasteiger partial charge on any atom is 0.143 e. The molecule has 3 nitrogen and oxygen atoms in total. The first kappa shape index (κ1) is 13.3. The first-order valence-corrected chi connectivity index (χ1v) is 7.65. The molecule has 0 atom stereocenters. The molecule has 1 saturated carbocycles. The van der Waals surface area contributed by atoms with Crippen LogP contribution in [-0.4, -0.2) is 10.1 Å². The van der Waals surface area contributed by atoms with Gasteiger partial charge in [0.25, 0.3) is 0 Å². The number of aryl methyl sites for hydroxylation is 2. The van der Waals surface area contributed by atoms with E-state index in [1.165, 1.54) is 24.0 Å². The summed E-state index contributed by atoms with van der Waals surface area (Å²) in [6.07, 6.45) is 5.32. The summed E-state index contributed by atoms with van der Waals surface area (Å²) in [5, 5.41) is 4.30. The number of hydrogen-bond acceptors (Lipinski definition) is 3. The van der Waals surface area contributed by atoms with Crippen LogP contribution in [0, 0.1) is 6.92 Å². The van der Waals surface area contributed by atoms with Gasteiger partial charge in [-0.05, 0) is 44.2 Å². The number of pyridine rings is 1. The molecule has 0 aromatic carbocycles. The Balaban J connectivity index is 1.85. The molecule has 1 fully saturated rings. The molecular weight excluding hydrogens is 248 g/mol. The van der Waals surface area contributed by atoms with Gasteiger partial charge in [0.15, 0.2) is 0 Å². The molecule has 0 aliphatic heterocycles. The monoisotopic (exact) mass is 270 g/mol. The van der Waals surface area contributed by atoms with Crippen LogP contribution in [0.25, 0.3) is 0 Å². The van der Waals surface area contributed by atoms with E-state index in [0.29, 0.717) is 5.92 Å². The molecule has 1 aliphatic carbocycles. The summed E-state index contributed by atoms with van der Waals surface area (Å²) in [7, 11) is 0. The van der Waals surface area contributed by atoms with E-state index in [9.17, 15) is 0 Å². The van der Waals surface area contributed by atoms with E-state index in [0.717, 1.165) is 42.1 Å². The number of aromatic nitrogens is 2. The molecule has 0 saturated heterocycles. The molecule has 2 aromatic rings. The van der Waals surface area contributed by atoms with E-state index in [1.54, 1.807) is 0 Å². The van der Waals surface area contributed by atoms with Gasteiger partial charge in [-0.25, -0.2) is 0 Å². The third kappa shape index (κ3) is 2.49. The van der Waals surface area contributed by atoms with Crippen LogP contribution < -0.4 is 0 Å². The molecule has 20 heavy (non-hydrogen) atoms. The van der Waals surface area contributed by atoms with Gasteiger partial charge in [0.05, 0.1) is 5.69 Å². The standard InChI is InChI=1S/C17H22N2O/c1-4-12-8-9-14(18-11(12)3)10-16-15(5-2)17(20-19-16)13-6-7-13/h8-9,13H,4-7,10H2,1-3H3. The van der Waals surface area contributed by atoms with Gasteiger partial charge in [-0.15, -0.1) is 0 Å². The minimum absolute atomic E-state index is 0.628. The van der Waals surface area contributed by atoms with Crippen molar-refractivity contribution in [2.45, 2.75) is 58.8 Å². The smallest absolute Gasteiger partial charge is 0.143 e.